The zero-order valence-corrected chi connectivity index (χ0v) is 19.2. The standard InChI is InChI=1S/C21H28N4O3S2/c1-4-29-21(30-5-2)17-12-9-13-23(17)20(26)18-19(25(27)28)15(3)24(22-18)14-16-10-7-6-8-11-16/h6-8,10-11,17,21H,4-5,9,12-14H2,1-3H3/t17-/m0/s1. The Kier molecular flexibility index (Phi) is 7.82. The largest absolute Gasteiger partial charge is 0.332 e. The molecule has 0 unspecified atom stereocenters. The van der Waals surface area contributed by atoms with Gasteiger partial charge in [0.15, 0.2) is 0 Å². The molecule has 0 radical (unpaired) electrons. The van der Waals surface area contributed by atoms with E-state index in [4.69, 9.17) is 0 Å². The van der Waals surface area contributed by atoms with Gasteiger partial charge in [-0.05, 0) is 36.8 Å². The molecule has 1 aromatic heterocycles. The first-order valence-electron chi connectivity index (χ1n) is 10.3. The molecule has 2 aromatic rings. The second-order valence-corrected chi connectivity index (χ2v) is 10.3. The summed E-state index contributed by atoms with van der Waals surface area (Å²) in [6.07, 6.45) is 1.84. The van der Waals surface area contributed by atoms with Crippen molar-refractivity contribution in [2.75, 3.05) is 18.1 Å². The maximum Gasteiger partial charge on any atom is 0.322 e. The number of carbonyl (C=O) groups excluding carboxylic acids is 1. The molecule has 1 fully saturated rings. The van der Waals surface area contributed by atoms with Gasteiger partial charge in [0.25, 0.3) is 5.91 Å². The molecule has 7 nitrogen and oxygen atoms in total. The number of hydrogen-bond acceptors (Lipinski definition) is 6. The molecule has 3 rings (SSSR count). The van der Waals surface area contributed by atoms with Gasteiger partial charge >= 0.3 is 5.69 Å². The van der Waals surface area contributed by atoms with Crippen molar-refractivity contribution in [1.82, 2.24) is 14.7 Å². The minimum Gasteiger partial charge on any atom is -0.332 e. The summed E-state index contributed by atoms with van der Waals surface area (Å²) in [4.78, 5) is 26.6. The zero-order chi connectivity index (χ0) is 21.7. The lowest BCUT2D eigenvalue weighted by Gasteiger charge is -2.30. The first kappa shape index (κ1) is 22.7. The van der Waals surface area contributed by atoms with Gasteiger partial charge in [-0.25, -0.2) is 0 Å². The lowest BCUT2D eigenvalue weighted by atomic mass is 10.2. The van der Waals surface area contributed by atoms with Crippen molar-refractivity contribution in [1.29, 1.82) is 0 Å². The number of aromatic nitrogens is 2. The number of benzene rings is 1. The topological polar surface area (TPSA) is 81.3 Å². The van der Waals surface area contributed by atoms with Crippen LogP contribution in [0.3, 0.4) is 0 Å². The summed E-state index contributed by atoms with van der Waals surface area (Å²) < 4.78 is 1.85. The molecule has 2 heterocycles. The fourth-order valence-corrected chi connectivity index (χ4v) is 6.74. The fourth-order valence-electron chi connectivity index (χ4n) is 3.87. The van der Waals surface area contributed by atoms with E-state index in [9.17, 15) is 14.9 Å². The third-order valence-corrected chi connectivity index (χ3v) is 8.04. The van der Waals surface area contributed by atoms with Crippen molar-refractivity contribution in [3.8, 4) is 0 Å². The normalized spacial score (nSPS) is 16.4. The van der Waals surface area contributed by atoms with Crippen molar-refractivity contribution >= 4 is 35.1 Å². The highest BCUT2D eigenvalue weighted by atomic mass is 32.2. The Morgan fingerprint density at radius 3 is 2.53 bits per heavy atom. The second-order valence-electron chi connectivity index (χ2n) is 7.17. The summed E-state index contributed by atoms with van der Waals surface area (Å²) in [5, 5.41) is 16.2. The highest BCUT2D eigenvalue weighted by Crippen LogP contribution is 2.36. The van der Waals surface area contributed by atoms with Crippen LogP contribution in [0.25, 0.3) is 0 Å². The molecular formula is C21H28N4O3S2. The minimum absolute atomic E-state index is 0.0397. The van der Waals surface area contributed by atoms with Crippen molar-refractivity contribution in [3.63, 3.8) is 0 Å². The molecule has 1 saturated heterocycles. The maximum atomic E-state index is 13.4. The van der Waals surface area contributed by atoms with E-state index in [2.05, 4.69) is 18.9 Å². The number of amides is 1. The number of likely N-dealkylation sites (tertiary alicyclic amines) is 1. The molecule has 0 N–H and O–H groups in total. The molecule has 1 amide bonds. The van der Waals surface area contributed by atoms with E-state index < -0.39 is 4.92 Å². The number of nitrogens with zero attached hydrogens (tertiary/aromatic N) is 4. The van der Waals surface area contributed by atoms with Crippen LogP contribution in [0.5, 0.6) is 0 Å². The molecule has 0 spiro atoms. The van der Waals surface area contributed by atoms with Crippen LogP contribution in [0.1, 0.15) is 48.4 Å². The van der Waals surface area contributed by atoms with Gasteiger partial charge in [-0.1, -0.05) is 44.2 Å². The Morgan fingerprint density at radius 2 is 1.93 bits per heavy atom. The van der Waals surface area contributed by atoms with Gasteiger partial charge in [-0.3, -0.25) is 19.6 Å². The molecule has 0 aliphatic carbocycles. The average molecular weight is 449 g/mol. The van der Waals surface area contributed by atoms with Crippen LogP contribution in [0.15, 0.2) is 30.3 Å². The number of hydrogen-bond donors (Lipinski definition) is 0. The van der Waals surface area contributed by atoms with Crippen LogP contribution in [-0.2, 0) is 6.54 Å². The Balaban J connectivity index is 1.92. The maximum absolute atomic E-state index is 13.4. The van der Waals surface area contributed by atoms with Gasteiger partial charge < -0.3 is 4.90 Å². The predicted octanol–water partition coefficient (Wildman–Crippen LogP) is 4.58. The predicted molar refractivity (Wildman–Crippen MR) is 123 cm³/mol. The first-order valence-corrected chi connectivity index (χ1v) is 12.4. The molecule has 1 aromatic carbocycles. The number of carbonyl (C=O) groups is 1. The van der Waals surface area contributed by atoms with Crippen LogP contribution in [0, 0.1) is 17.0 Å². The smallest absolute Gasteiger partial charge is 0.322 e. The highest BCUT2D eigenvalue weighted by molar-refractivity contribution is 8.17. The van der Waals surface area contributed by atoms with E-state index in [1.807, 2.05) is 58.8 Å². The molecule has 9 heteroatoms. The van der Waals surface area contributed by atoms with Crippen LogP contribution in [0.2, 0.25) is 0 Å². The Hall–Kier alpha value is -2.00. The molecule has 0 bridgehead atoms. The van der Waals surface area contributed by atoms with E-state index in [1.54, 1.807) is 11.6 Å². The van der Waals surface area contributed by atoms with Crippen molar-refractivity contribution in [3.05, 3.63) is 57.4 Å². The van der Waals surface area contributed by atoms with E-state index in [-0.39, 0.29) is 27.9 Å². The molecule has 1 aliphatic heterocycles. The summed E-state index contributed by atoms with van der Waals surface area (Å²) >= 11 is 3.69. The SMILES string of the molecule is CCSC(SCC)[C@@H]1CCCN1C(=O)c1nn(Cc2ccccc2)c(C)c1[N+](=O)[O-]. The van der Waals surface area contributed by atoms with Gasteiger partial charge in [0.1, 0.15) is 5.69 Å². The minimum atomic E-state index is -0.471. The third-order valence-electron chi connectivity index (χ3n) is 5.27. The summed E-state index contributed by atoms with van der Waals surface area (Å²) in [5.74, 6) is 1.62. The quantitative estimate of drug-likeness (QED) is 0.317. The summed E-state index contributed by atoms with van der Waals surface area (Å²) in [6.45, 7) is 6.92. The van der Waals surface area contributed by atoms with Gasteiger partial charge in [0.2, 0.25) is 5.69 Å². The molecule has 162 valence electrons. The van der Waals surface area contributed by atoms with Crippen molar-refractivity contribution in [2.24, 2.45) is 0 Å². The number of thioether (sulfide) groups is 2. The van der Waals surface area contributed by atoms with Crippen molar-refractivity contribution in [2.45, 2.75) is 50.8 Å². The van der Waals surface area contributed by atoms with Gasteiger partial charge in [-0.15, -0.1) is 23.5 Å². The van der Waals surface area contributed by atoms with E-state index in [0.29, 0.717) is 18.8 Å². The van der Waals surface area contributed by atoms with Gasteiger partial charge in [0.05, 0.1) is 22.1 Å². The second kappa shape index (κ2) is 10.3. The zero-order valence-electron chi connectivity index (χ0n) is 17.6. The lowest BCUT2D eigenvalue weighted by Crippen LogP contribution is -2.41. The Bertz CT molecular complexity index is 882. The molecule has 30 heavy (non-hydrogen) atoms. The van der Waals surface area contributed by atoms with Crippen LogP contribution >= 0.6 is 23.5 Å². The van der Waals surface area contributed by atoms with Crippen LogP contribution in [-0.4, -0.2) is 54.2 Å². The van der Waals surface area contributed by atoms with Crippen LogP contribution in [0.4, 0.5) is 5.69 Å². The van der Waals surface area contributed by atoms with E-state index >= 15 is 0 Å². The number of rotatable bonds is 9. The van der Waals surface area contributed by atoms with Crippen LogP contribution < -0.4 is 0 Å². The third kappa shape index (κ3) is 4.83. The Labute approximate surface area is 185 Å². The molecule has 0 saturated carbocycles. The lowest BCUT2D eigenvalue weighted by molar-refractivity contribution is -0.385. The van der Waals surface area contributed by atoms with E-state index in [0.717, 1.165) is 29.9 Å². The summed E-state index contributed by atoms with van der Waals surface area (Å²) in [6, 6.07) is 9.72. The van der Waals surface area contributed by atoms with Gasteiger partial charge in [0, 0.05) is 6.54 Å². The van der Waals surface area contributed by atoms with Gasteiger partial charge in [-0.2, -0.15) is 5.10 Å². The van der Waals surface area contributed by atoms with Crippen molar-refractivity contribution < 1.29 is 9.72 Å². The molecule has 1 atom stereocenters. The molecular weight excluding hydrogens is 420 g/mol. The highest BCUT2D eigenvalue weighted by Gasteiger charge is 2.40. The molecule has 1 aliphatic rings. The Morgan fingerprint density at radius 1 is 1.27 bits per heavy atom. The first-order chi connectivity index (χ1) is 14.5. The van der Waals surface area contributed by atoms with E-state index in [1.165, 1.54) is 0 Å². The summed E-state index contributed by atoms with van der Waals surface area (Å²) in [5.41, 5.74) is 1.17. The summed E-state index contributed by atoms with van der Waals surface area (Å²) in [7, 11) is 0. The average Bonchev–Trinajstić information content (AvgIpc) is 3.33. The monoisotopic (exact) mass is 448 g/mol. The fraction of sp³-hybridized carbons (Fsp3) is 0.524. The number of nitro groups is 1.